The summed E-state index contributed by atoms with van der Waals surface area (Å²) in [4.78, 5) is 10.9. The normalized spacial score (nSPS) is 29.0. The predicted molar refractivity (Wildman–Crippen MR) is 67.3 cm³/mol. The molecule has 0 aromatic carbocycles. The van der Waals surface area contributed by atoms with E-state index in [9.17, 15) is 4.79 Å². The lowest BCUT2D eigenvalue weighted by molar-refractivity contribution is -0.145. The first-order chi connectivity index (χ1) is 6.66. The van der Waals surface area contributed by atoms with Gasteiger partial charge in [-0.2, -0.15) is 11.8 Å². The third-order valence-corrected chi connectivity index (χ3v) is 5.20. The van der Waals surface area contributed by atoms with Crippen molar-refractivity contribution in [3.63, 3.8) is 0 Å². The Labute approximate surface area is 102 Å². The fourth-order valence-corrected chi connectivity index (χ4v) is 3.83. The highest BCUT2D eigenvalue weighted by Gasteiger charge is 2.29. The maximum Gasteiger partial charge on any atom is 0.317 e. The quantitative estimate of drug-likeness (QED) is 0.578. The lowest BCUT2D eigenvalue weighted by atomic mass is 10.4. The van der Waals surface area contributed by atoms with Gasteiger partial charge in [0.15, 0.2) is 4.93 Å². The zero-order valence-corrected chi connectivity index (χ0v) is 11.5. The van der Waals surface area contributed by atoms with Gasteiger partial charge in [-0.05, 0) is 31.3 Å². The Bertz CT molecular complexity index is 191. The molecule has 0 radical (unpaired) electrons. The van der Waals surface area contributed by atoms with Crippen LogP contribution in [0.1, 0.15) is 19.8 Å². The first-order valence-electron chi connectivity index (χ1n) is 4.66. The van der Waals surface area contributed by atoms with Crippen LogP contribution in [0.2, 0.25) is 0 Å². The van der Waals surface area contributed by atoms with Crippen molar-refractivity contribution in [3.05, 3.63) is 0 Å². The topological polar surface area (TPSA) is 26.3 Å². The van der Waals surface area contributed by atoms with Crippen LogP contribution in [0.25, 0.3) is 0 Å². The van der Waals surface area contributed by atoms with Gasteiger partial charge >= 0.3 is 5.97 Å². The van der Waals surface area contributed by atoms with Crippen molar-refractivity contribution in [3.8, 4) is 0 Å². The van der Waals surface area contributed by atoms with Gasteiger partial charge in [0, 0.05) is 5.75 Å². The number of hydrogen-bond donors (Lipinski definition) is 0. The van der Waals surface area contributed by atoms with Gasteiger partial charge in [0.1, 0.15) is 5.33 Å². The molecule has 0 N–H and O–H groups in total. The van der Waals surface area contributed by atoms with Crippen LogP contribution in [0, 0.1) is 0 Å². The van der Waals surface area contributed by atoms with Crippen LogP contribution in [0.5, 0.6) is 0 Å². The van der Waals surface area contributed by atoms with Gasteiger partial charge in [0.25, 0.3) is 0 Å². The van der Waals surface area contributed by atoms with Crippen molar-refractivity contribution in [2.24, 2.45) is 0 Å². The SMILES string of the molecule is CC1(OC(=O)CBr)CSCCCCS1. The number of thioether (sulfide) groups is 2. The molecule has 82 valence electrons. The van der Waals surface area contributed by atoms with Crippen LogP contribution >= 0.6 is 39.5 Å². The minimum atomic E-state index is -0.323. The maximum absolute atomic E-state index is 11.2. The van der Waals surface area contributed by atoms with Gasteiger partial charge in [0.05, 0.1) is 0 Å². The number of ether oxygens (including phenoxy) is 1. The van der Waals surface area contributed by atoms with Crippen LogP contribution < -0.4 is 0 Å². The Balaban J connectivity index is 2.46. The molecule has 0 bridgehead atoms. The van der Waals surface area contributed by atoms with E-state index in [0.717, 1.165) is 11.5 Å². The second-order valence-corrected chi connectivity index (χ2v) is 6.58. The number of esters is 1. The van der Waals surface area contributed by atoms with Crippen molar-refractivity contribution in [2.45, 2.75) is 24.7 Å². The first kappa shape index (κ1) is 12.7. The van der Waals surface area contributed by atoms with E-state index in [2.05, 4.69) is 15.9 Å². The van der Waals surface area contributed by atoms with Crippen molar-refractivity contribution in [1.82, 2.24) is 0 Å². The first-order valence-corrected chi connectivity index (χ1v) is 7.92. The van der Waals surface area contributed by atoms with Crippen LogP contribution in [-0.4, -0.2) is 33.5 Å². The molecule has 1 atom stereocenters. The number of hydrogen-bond acceptors (Lipinski definition) is 4. The highest BCUT2D eigenvalue weighted by atomic mass is 79.9. The second kappa shape index (κ2) is 6.28. The van der Waals surface area contributed by atoms with E-state index in [1.165, 1.54) is 18.6 Å². The zero-order valence-electron chi connectivity index (χ0n) is 8.25. The highest BCUT2D eigenvalue weighted by molar-refractivity contribution is 9.09. The molecule has 14 heavy (non-hydrogen) atoms. The molecule has 0 amide bonds. The Hall–Kier alpha value is 0.650. The Kier molecular flexibility index (Phi) is 5.71. The minimum absolute atomic E-state index is 0.166. The molecular formula is C9H15BrO2S2. The molecule has 0 saturated carbocycles. The molecule has 0 aromatic heterocycles. The number of halogens is 1. The fraction of sp³-hybridized carbons (Fsp3) is 0.889. The van der Waals surface area contributed by atoms with Crippen molar-refractivity contribution in [1.29, 1.82) is 0 Å². The average molecular weight is 299 g/mol. The van der Waals surface area contributed by atoms with E-state index in [1.54, 1.807) is 11.8 Å². The summed E-state index contributed by atoms with van der Waals surface area (Å²) in [5.41, 5.74) is 0. The van der Waals surface area contributed by atoms with Gasteiger partial charge in [-0.3, -0.25) is 4.79 Å². The third-order valence-electron chi connectivity index (χ3n) is 1.89. The molecule has 1 saturated heterocycles. The summed E-state index contributed by atoms with van der Waals surface area (Å²) < 4.78 is 5.42. The van der Waals surface area contributed by atoms with E-state index in [-0.39, 0.29) is 16.2 Å². The Morgan fingerprint density at radius 3 is 2.93 bits per heavy atom. The second-order valence-electron chi connectivity index (χ2n) is 3.35. The standard InChI is InChI=1S/C9H15BrO2S2/c1-9(12-8(11)6-10)7-13-4-2-3-5-14-9/h2-7H2,1H3. The Morgan fingerprint density at radius 2 is 2.21 bits per heavy atom. The van der Waals surface area contributed by atoms with E-state index in [1.807, 2.05) is 18.7 Å². The van der Waals surface area contributed by atoms with E-state index in [4.69, 9.17) is 4.74 Å². The molecule has 1 heterocycles. The lowest BCUT2D eigenvalue weighted by Gasteiger charge is -2.30. The Morgan fingerprint density at radius 1 is 1.50 bits per heavy atom. The lowest BCUT2D eigenvalue weighted by Crippen LogP contribution is -2.32. The van der Waals surface area contributed by atoms with Crippen molar-refractivity contribution < 1.29 is 9.53 Å². The van der Waals surface area contributed by atoms with Gasteiger partial charge in [0.2, 0.25) is 0 Å². The van der Waals surface area contributed by atoms with Gasteiger partial charge in [-0.15, -0.1) is 11.8 Å². The van der Waals surface area contributed by atoms with Gasteiger partial charge < -0.3 is 4.74 Å². The predicted octanol–water partition coefficient (Wildman–Crippen LogP) is 2.90. The third kappa shape index (κ3) is 4.45. The molecule has 5 heteroatoms. The molecule has 0 aliphatic carbocycles. The number of rotatable bonds is 2. The molecule has 0 aromatic rings. The van der Waals surface area contributed by atoms with E-state index >= 15 is 0 Å². The van der Waals surface area contributed by atoms with Crippen LogP contribution in [0.4, 0.5) is 0 Å². The summed E-state index contributed by atoms with van der Waals surface area (Å²) in [5, 5.41) is 0.286. The van der Waals surface area contributed by atoms with Crippen LogP contribution in [0.15, 0.2) is 0 Å². The van der Waals surface area contributed by atoms with Crippen molar-refractivity contribution >= 4 is 45.4 Å². The summed E-state index contributed by atoms with van der Waals surface area (Å²) in [5.74, 6) is 3.01. The van der Waals surface area contributed by atoms with Gasteiger partial charge in [-0.25, -0.2) is 0 Å². The average Bonchev–Trinajstić information content (AvgIpc) is 2.12. The highest BCUT2D eigenvalue weighted by Crippen LogP contribution is 2.33. The maximum atomic E-state index is 11.2. The number of carbonyl (C=O) groups is 1. The number of alkyl halides is 1. The molecule has 1 rings (SSSR count). The summed E-state index contributed by atoms with van der Waals surface area (Å²) in [6.07, 6.45) is 2.50. The zero-order chi connectivity index (χ0) is 10.4. The largest absolute Gasteiger partial charge is 0.447 e. The molecule has 2 nitrogen and oxygen atoms in total. The van der Waals surface area contributed by atoms with Gasteiger partial charge in [-0.1, -0.05) is 15.9 Å². The minimum Gasteiger partial charge on any atom is -0.447 e. The van der Waals surface area contributed by atoms with Crippen LogP contribution in [0.3, 0.4) is 0 Å². The smallest absolute Gasteiger partial charge is 0.317 e. The molecule has 1 aliphatic heterocycles. The molecule has 1 aliphatic rings. The summed E-state index contributed by atoms with van der Waals surface area (Å²) >= 11 is 6.74. The fourth-order valence-electron chi connectivity index (χ4n) is 1.22. The summed E-state index contributed by atoms with van der Waals surface area (Å²) in [6.45, 7) is 2.01. The monoisotopic (exact) mass is 298 g/mol. The molecule has 1 fully saturated rings. The van der Waals surface area contributed by atoms with Crippen LogP contribution in [-0.2, 0) is 9.53 Å². The summed E-state index contributed by atoms with van der Waals surface area (Å²) in [7, 11) is 0. The van der Waals surface area contributed by atoms with E-state index in [0.29, 0.717) is 0 Å². The van der Waals surface area contributed by atoms with E-state index < -0.39 is 0 Å². The molecular weight excluding hydrogens is 284 g/mol. The molecule has 0 spiro atoms. The molecule has 1 unspecified atom stereocenters. The van der Waals surface area contributed by atoms with Crippen molar-refractivity contribution in [2.75, 3.05) is 22.6 Å². The number of carbonyl (C=O) groups excluding carboxylic acids is 1. The summed E-state index contributed by atoms with van der Waals surface area (Å²) in [6, 6.07) is 0.